The molecule has 386 valence electrons. The Morgan fingerprint density at radius 3 is 1.05 bits per heavy atom. The van der Waals surface area contributed by atoms with Crippen molar-refractivity contribution in [2.24, 2.45) is 0 Å². The summed E-state index contributed by atoms with van der Waals surface area (Å²) in [5.41, 5.74) is 0. The zero-order valence-electron chi connectivity index (χ0n) is 44.0. The third kappa shape index (κ3) is 51.8. The fourth-order valence-corrected chi connectivity index (χ4v) is 9.28. The summed E-state index contributed by atoms with van der Waals surface area (Å²) in [6.07, 6.45) is 65.3. The Hall–Kier alpha value is -1.40. The second-order valence-corrected chi connectivity index (χ2v) is 20.3. The van der Waals surface area contributed by atoms with Crippen LogP contribution in [0.5, 0.6) is 0 Å². The van der Waals surface area contributed by atoms with E-state index < -0.39 is 12.1 Å². The lowest BCUT2D eigenvalue weighted by molar-refractivity contribution is -0.143. The molecule has 0 aromatic rings. The van der Waals surface area contributed by atoms with Crippen LogP contribution < -0.4 is 5.32 Å². The van der Waals surface area contributed by atoms with Gasteiger partial charge in [-0.3, -0.25) is 9.59 Å². The molecule has 0 aromatic carbocycles. The van der Waals surface area contributed by atoms with E-state index in [1.54, 1.807) is 6.08 Å². The molecule has 6 nitrogen and oxygen atoms in total. The summed E-state index contributed by atoms with van der Waals surface area (Å²) < 4.78 is 5.47. The molecule has 0 heterocycles. The van der Waals surface area contributed by atoms with Gasteiger partial charge in [-0.25, -0.2) is 0 Å². The first-order chi connectivity index (χ1) is 32.0. The molecule has 6 heteroatoms. The summed E-state index contributed by atoms with van der Waals surface area (Å²) >= 11 is 0. The highest BCUT2D eigenvalue weighted by molar-refractivity contribution is 5.76. The number of aliphatic hydroxyl groups excluding tert-OH is 2. The fourth-order valence-electron chi connectivity index (χ4n) is 9.28. The lowest BCUT2D eigenvalue weighted by Crippen LogP contribution is -2.45. The van der Waals surface area contributed by atoms with Crippen molar-refractivity contribution in [2.45, 2.75) is 341 Å². The topological polar surface area (TPSA) is 95.9 Å². The van der Waals surface area contributed by atoms with Gasteiger partial charge < -0.3 is 20.3 Å². The van der Waals surface area contributed by atoms with Gasteiger partial charge in [-0.1, -0.05) is 296 Å². The molecular weight excluding hydrogens is 803 g/mol. The van der Waals surface area contributed by atoms with Crippen molar-refractivity contribution in [2.75, 3.05) is 13.2 Å². The molecule has 2 atom stereocenters. The highest BCUT2D eigenvalue weighted by atomic mass is 16.5. The first kappa shape index (κ1) is 63.6. The normalized spacial score (nSPS) is 12.6. The Labute approximate surface area is 406 Å². The van der Waals surface area contributed by atoms with Crippen molar-refractivity contribution in [3.05, 3.63) is 12.2 Å². The zero-order chi connectivity index (χ0) is 47.2. The number of carbonyl (C=O) groups excluding carboxylic acids is 2. The van der Waals surface area contributed by atoms with E-state index >= 15 is 0 Å². The Bertz CT molecular complexity index is 970. The smallest absolute Gasteiger partial charge is 0.305 e. The quantitative estimate of drug-likeness (QED) is 0.0321. The number of aliphatic hydroxyl groups is 2. The number of unbranched alkanes of at least 4 members (excludes halogenated alkanes) is 44. The largest absolute Gasteiger partial charge is 0.466 e. The van der Waals surface area contributed by atoms with Crippen LogP contribution in [0.25, 0.3) is 0 Å². The molecule has 0 spiro atoms. The monoisotopic (exact) mass is 918 g/mol. The number of ether oxygens (including phenoxy) is 1. The average Bonchev–Trinajstić information content (AvgIpc) is 3.31. The van der Waals surface area contributed by atoms with Crippen LogP contribution in [0.3, 0.4) is 0 Å². The SMILES string of the molecule is CCCCCCCCCCCCCC/C=C/C(O)C(CO)NC(=O)CCCCCCCCCCCCCCCCCCCCCCCCCOC(=O)CCCCCCCCCCCCC. The van der Waals surface area contributed by atoms with E-state index in [9.17, 15) is 19.8 Å². The number of allylic oxidation sites excluding steroid dienone is 1. The van der Waals surface area contributed by atoms with Crippen LogP contribution >= 0.6 is 0 Å². The van der Waals surface area contributed by atoms with Crippen LogP contribution in [-0.2, 0) is 14.3 Å². The maximum atomic E-state index is 12.4. The van der Waals surface area contributed by atoms with Gasteiger partial charge in [0.15, 0.2) is 0 Å². The summed E-state index contributed by atoms with van der Waals surface area (Å²) in [7, 11) is 0. The fraction of sp³-hybridized carbons (Fsp3) is 0.932. The number of amides is 1. The molecule has 0 bridgehead atoms. The molecule has 0 aliphatic carbocycles. The minimum Gasteiger partial charge on any atom is -0.466 e. The van der Waals surface area contributed by atoms with Crippen molar-refractivity contribution in [1.82, 2.24) is 5.32 Å². The highest BCUT2D eigenvalue weighted by Gasteiger charge is 2.18. The van der Waals surface area contributed by atoms with Gasteiger partial charge >= 0.3 is 5.97 Å². The minimum atomic E-state index is -0.842. The Morgan fingerprint density at radius 1 is 0.415 bits per heavy atom. The summed E-state index contributed by atoms with van der Waals surface area (Å²) in [5.74, 6) is -0.0520. The summed E-state index contributed by atoms with van der Waals surface area (Å²) in [5, 5.41) is 23.1. The Morgan fingerprint density at radius 2 is 0.708 bits per heavy atom. The van der Waals surface area contributed by atoms with Crippen LogP contribution in [0.2, 0.25) is 0 Å². The van der Waals surface area contributed by atoms with Crippen molar-refractivity contribution in [3.63, 3.8) is 0 Å². The maximum Gasteiger partial charge on any atom is 0.305 e. The van der Waals surface area contributed by atoms with Crippen molar-refractivity contribution in [3.8, 4) is 0 Å². The third-order valence-electron chi connectivity index (χ3n) is 13.8. The van der Waals surface area contributed by atoms with Crippen LogP contribution in [0.15, 0.2) is 12.2 Å². The van der Waals surface area contributed by atoms with Gasteiger partial charge in [-0.15, -0.1) is 0 Å². The number of hydrogen-bond acceptors (Lipinski definition) is 5. The zero-order valence-corrected chi connectivity index (χ0v) is 44.0. The predicted octanol–water partition coefficient (Wildman–Crippen LogP) is 18.1. The van der Waals surface area contributed by atoms with Crippen molar-refractivity contribution >= 4 is 11.9 Å². The molecule has 0 saturated carbocycles. The van der Waals surface area contributed by atoms with Gasteiger partial charge in [-0.2, -0.15) is 0 Å². The van der Waals surface area contributed by atoms with Gasteiger partial charge in [0.1, 0.15) is 0 Å². The van der Waals surface area contributed by atoms with E-state index in [2.05, 4.69) is 19.2 Å². The number of nitrogens with one attached hydrogen (secondary N) is 1. The molecular formula is C59H115NO5. The molecule has 3 N–H and O–H groups in total. The lowest BCUT2D eigenvalue weighted by Gasteiger charge is -2.20. The third-order valence-corrected chi connectivity index (χ3v) is 13.8. The molecule has 1 amide bonds. The summed E-state index contributed by atoms with van der Waals surface area (Å²) in [6.45, 7) is 4.91. The first-order valence-corrected chi connectivity index (χ1v) is 29.5. The van der Waals surface area contributed by atoms with E-state index in [-0.39, 0.29) is 18.5 Å². The lowest BCUT2D eigenvalue weighted by atomic mass is 10.0. The Kier molecular flexibility index (Phi) is 54.0. The maximum absolute atomic E-state index is 12.4. The van der Waals surface area contributed by atoms with E-state index in [0.29, 0.717) is 19.4 Å². The summed E-state index contributed by atoms with van der Waals surface area (Å²) in [6, 6.07) is -0.626. The number of esters is 1. The molecule has 65 heavy (non-hydrogen) atoms. The second kappa shape index (κ2) is 55.2. The predicted molar refractivity (Wildman–Crippen MR) is 283 cm³/mol. The molecule has 0 aliphatic heterocycles. The van der Waals surface area contributed by atoms with Gasteiger partial charge in [0.25, 0.3) is 0 Å². The van der Waals surface area contributed by atoms with Crippen LogP contribution in [-0.4, -0.2) is 47.4 Å². The van der Waals surface area contributed by atoms with Gasteiger partial charge in [0.2, 0.25) is 5.91 Å². The Balaban J connectivity index is 3.39. The highest BCUT2D eigenvalue weighted by Crippen LogP contribution is 2.18. The number of rotatable bonds is 55. The van der Waals surface area contributed by atoms with E-state index in [1.165, 1.54) is 263 Å². The van der Waals surface area contributed by atoms with Crippen molar-refractivity contribution in [1.29, 1.82) is 0 Å². The molecule has 0 fully saturated rings. The van der Waals surface area contributed by atoms with Crippen LogP contribution in [0.4, 0.5) is 0 Å². The van der Waals surface area contributed by atoms with Crippen LogP contribution in [0, 0.1) is 0 Å². The van der Waals surface area contributed by atoms with Crippen molar-refractivity contribution < 1.29 is 24.5 Å². The first-order valence-electron chi connectivity index (χ1n) is 29.5. The molecule has 2 unspecified atom stereocenters. The standard InChI is InChI=1S/C59H115NO5/c1-3-5-7-9-11-13-15-16-28-32-35-39-43-47-51-57(62)56(55-61)60-58(63)52-48-44-40-36-33-29-26-24-22-20-18-17-19-21-23-25-27-30-34-38-42-46-50-54-65-59(64)53-49-45-41-37-31-14-12-10-8-6-4-2/h47,51,56-57,61-62H,3-46,48-50,52-55H2,1-2H3,(H,60,63)/b51-47+. The molecule has 0 aromatic heterocycles. The van der Waals surface area contributed by atoms with E-state index in [4.69, 9.17) is 4.74 Å². The average molecular weight is 919 g/mol. The number of carbonyl (C=O) groups is 2. The molecule has 0 saturated heterocycles. The molecule has 0 aliphatic rings. The van der Waals surface area contributed by atoms with Gasteiger partial charge in [0.05, 0.1) is 25.4 Å². The molecule has 0 rings (SSSR count). The van der Waals surface area contributed by atoms with E-state index in [0.717, 1.165) is 38.5 Å². The number of hydrogen-bond donors (Lipinski definition) is 3. The van der Waals surface area contributed by atoms with Gasteiger partial charge in [-0.05, 0) is 32.1 Å². The van der Waals surface area contributed by atoms with E-state index in [1.807, 2.05) is 6.08 Å². The summed E-state index contributed by atoms with van der Waals surface area (Å²) in [4.78, 5) is 24.4. The molecule has 0 radical (unpaired) electrons. The van der Waals surface area contributed by atoms with Crippen LogP contribution in [0.1, 0.15) is 328 Å². The second-order valence-electron chi connectivity index (χ2n) is 20.3. The van der Waals surface area contributed by atoms with Gasteiger partial charge in [0, 0.05) is 12.8 Å². The minimum absolute atomic E-state index is 0.0139.